The highest BCUT2D eigenvalue weighted by molar-refractivity contribution is 7.98. The number of thioether (sulfide) groups is 1. The van der Waals surface area contributed by atoms with E-state index in [4.69, 9.17) is 14.2 Å². The monoisotopic (exact) mass is 543 g/mol. The molecule has 0 aliphatic carbocycles. The number of hydrogen-bond donors (Lipinski definition) is 4. The highest BCUT2D eigenvalue weighted by Gasteiger charge is 2.48. The lowest BCUT2D eigenvalue weighted by atomic mass is 9.98. The van der Waals surface area contributed by atoms with Crippen molar-refractivity contribution in [2.75, 3.05) is 14.2 Å². The fraction of sp³-hybridized carbons (Fsp3) is 0.409. The molecule has 12 nitrogen and oxygen atoms in total. The zero-order chi connectivity index (χ0) is 26.9. The van der Waals surface area contributed by atoms with Crippen LogP contribution in [0.15, 0.2) is 35.6 Å². The third kappa shape index (κ3) is 5.26. The van der Waals surface area contributed by atoms with E-state index in [-0.39, 0.29) is 27.7 Å². The van der Waals surface area contributed by atoms with Crippen LogP contribution in [-0.2, 0) is 15.3 Å². The molecule has 0 saturated carbocycles. The van der Waals surface area contributed by atoms with Gasteiger partial charge in [-0.25, -0.2) is 9.78 Å². The van der Waals surface area contributed by atoms with Crippen LogP contribution < -0.4 is 14.2 Å². The molecule has 3 aromatic rings. The Hall–Kier alpha value is -3.24. The van der Waals surface area contributed by atoms with Gasteiger partial charge in [-0.05, 0) is 12.1 Å². The van der Waals surface area contributed by atoms with Crippen molar-refractivity contribution >= 4 is 28.8 Å². The molecular weight excluding hydrogens is 520 g/mol. The van der Waals surface area contributed by atoms with Crippen molar-refractivity contribution in [2.45, 2.75) is 48.2 Å². The largest absolute Gasteiger partial charge is 0.493 e. The Morgan fingerprint density at radius 1 is 1.16 bits per heavy atom. The first-order chi connectivity index (χ1) is 17.7. The van der Waals surface area contributed by atoms with Crippen LogP contribution in [0.3, 0.4) is 0 Å². The van der Waals surface area contributed by atoms with Crippen molar-refractivity contribution < 1.29 is 52.9 Å². The Kier molecular flexibility index (Phi) is 7.99. The molecule has 1 fully saturated rings. The number of aliphatic hydroxyl groups is 3. The number of imidazole rings is 1. The molecule has 0 radical (unpaired) electrons. The van der Waals surface area contributed by atoms with E-state index >= 15 is 0 Å². The van der Waals surface area contributed by atoms with Crippen molar-refractivity contribution in [3.8, 4) is 17.2 Å². The maximum Gasteiger partial charge on any atom is 0.387 e. The number of hydrogen-bond acceptors (Lipinski definition) is 11. The third-order valence-electron chi connectivity index (χ3n) is 5.64. The lowest BCUT2D eigenvalue weighted by Crippen LogP contribution is -2.57. The second-order valence-electron chi connectivity index (χ2n) is 7.83. The summed E-state index contributed by atoms with van der Waals surface area (Å²) in [5.74, 6) is -0.779. The molecule has 200 valence electrons. The lowest BCUT2D eigenvalue weighted by molar-refractivity contribution is -0.247. The quantitative estimate of drug-likeness (QED) is 0.287. The van der Waals surface area contributed by atoms with E-state index in [2.05, 4.69) is 14.7 Å². The number of aliphatic carboxylic acids is 1. The summed E-state index contributed by atoms with van der Waals surface area (Å²) < 4.78 is 47.4. The van der Waals surface area contributed by atoms with Crippen LogP contribution in [0.25, 0.3) is 11.0 Å². The number of pyridine rings is 1. The number of fused-ring (bicyclic) bond motifs is 1. The van der Waals surface area contributed by atoms with Gasteiger partial charge in [-0.1, -0.05) is 11.8 Å². The average Bonchev–Trinajstić information content (AvgIpc) is 3.22. The summed E-state index contributed by atoms with van der Waals surface area (Å²) in [4.78, 5) is 20.4. The van der Waals surface area contributed by atoms with Crippen LogP contribution >= 0.6 is 11.8 Å². The first-order valence-corrected chi connectivity index (χ1v) is 11.7. The fourth-order valence-corrected chi connectivity index (χ4v) is 4.92. The van der Waals surface area contributed by atoms with Crippen molar-refractivity contribution in [3.63, 3.8) is 0 Å². The Balaban J connectivity index is 1.78. The minimum Gasteiger partial charge on any atom is -0.493 e. The third-order valence-corrected chi connectivity index (χ3v) is 6.61. The molecule has 1 saturated heterocycles. The van der Waals surface area contributed by atoms with Crippen LogP contribution in [0, 0.1) is 0 Å². The van der Waals surface area contributed by atoms with Crippen molar-refractivity contribution in [2.24, 2.45) is 0 Å². The van der Waals surface area contributed by atoms with Crippen LogP contribution in [0.2, 0.25) is 0 Å². The normalized spacial score (nSPS) is 23.8. The number of benzene rings is 1. The van der Waals surface area contributed by atoms with Crippen LogP contribution in [0.1, 0.15) is 11.9 Å². The number of aromatic nitrogens is 3. The molecule has 5 unspecified atom stereocenters. The number of aliphatic hydroxyl groups excluding tert-OH is 3. The van der Waals surface area contributed by atoms with E-state index in [0.29, 0.717) is 17.2 Å². The van der Waals surface area contributed by atoms with Crippen LogP contribution in [0.5, 0.6) is 17.2 Å². The van der Waals surface area contributed by atoms with Gasteiger partial charge in [0.1, 0.15) is 24.1 Å². The standard InChI is InChI=1S/C22H23F2N3O9S/c1-33-13-5-6-25-11(17(13)34-2)8-37-22-26-10-7-9(35-21(23)24)3-4-12(10)27(22)19-16(30)14(28)15(29)18(36-19)20(31)32/h3-7,14-16,18-19,21,28-30H,8H2,1-2H3,(H,31,32). The number of carboxylic acids is 1. The van der Waals surface area contributed by atoms with Gasteiger partial charge in [0, 0.05) is 24.1 Å². The number of methoxy groups -OCH3 is 2. The summed E-state index contributed by atoms with van der Waals surface area (Å²) in [5, 5.41) is 40.8. The Morgan fingerprint density at radius 3 is 2.57 bits per heavy atom. The number of rotatable bonds is 9. The molecule has 1 aliphatic heterocycles. The van der Waals surface area contributed by atoms with Gasteiger partial charge < -0.3 is 39.4 Å². The van der Waals surface area contributed by atoms with Gasteiger partial charge in [-0.2, -0.15) is 8.78 Å². The first-order valence-electron chi connectivity index (χ1n) is 10.7. The summed E-state index contributed by atoms with van der Waals surface area (Å²) in [7, 11) is 2.91. The van der Waals surface area contributed by atoms with Gasteiger partial charge in [0.05, 0.1) is 30.9 Å². The average molecular weight is 544 g/mol. The zero-order valence-electron chi connectivity index (χ0n) is 19.4. The molecule has 1 aromatic carbocycles. The van der Waals surface area contributed by atoms with Gasteiger partial charge in [0.15, 0.2) is 29.0 Å². The number of nitrogens with zero attached hydrogens (tertiary/aromatic N) is 3. The zero-order valence-corrected chi connectivity index (χ0v) is 20.2. The van der Waals surface area contributed by atoms with Gasteiger partial charge in [0.25, 0.3) is 0 Å². The van der Waals surface area contributed by atoms with Gasteiger partial charge in [-0.15, -0.1) is 0 Å². The van der Waals surface area contributed by atoms with E-state index in [0.717, 1.165) is 11.8 Å². The van der Waals surface area contributed by atoms with Gasteiger partial charge in [-0.3, -0.25) is 9.55 Å². The van der Waals surface area contributed by atoms with Gasteiger partial charge in [0.2, 0.25) is 0 Å². The molecule has 0 bridgehead atoms. The second-order valence-corrected chi connectivity index (χ2v) is 8.77. The summed E-state index contributed by atoms with van der Waals surface area (Å²) in [6.07, 6.45) is -7.38. The molecular formula is C22H23F2N3O9S. The Bertz CT molecular complexity index is 1280. The molecule has 3 heterocycles. The van der Waals surface area contributed by atoms with E-state index in [1.54, 1.807) is 6.07 Å². The Morgan fingerprint density at radius 2 is 1.92 bits per heavy atom. The number of halogens is 2. The highest BCUT2D eigenvalue weighted by atomic mass is 32.2. The molecule has 4 N–H and O–H groups in total. The van der Waals surface area contributed by atoms with E-state index in [1.807, 2.05) is 0 Å². The lowest BCUT2D eigenvalue weighted by Gasteiger charge is -2.39. The predicted molar refractivity (Wildman–Crippen MR) is 123 cm³/mol. The minimum absolute atomic E-state index is 0.153. The molecule has 1 aliphatic rings. The Labute approximate surface area is 212 Å². The summed E-state index contributed by atoms with van der Waals surface area (Å²) in [6.45, 7) is -3.07. The smallest absolute Gasteiger partial charge is 0.387 e. The van der Waals surface area contributed by atoms with E-state index in [9.17, 15) is 34.0 Å². The van der Waals surface area contributed by atoms with Crippen molar-refractivity contribution in [1.29, 1.82) is 0 Å². The van der Waals surface area contributed by atoms with Crippen LogP contribution in [-0.4, -0.2) is 86.2 Å². The number of ether oxygens (including phenoxy) is 4. The van der Waals surface area contributed by atoms with Crippen molar-refractivity contribution in [1.82, 2.24) is 14.5 Å². The minimum atomic E-state index is -3.07. The molecule has 0 amide bonds. The number of carboxylic acid groups (broad SMARTS) is 1. The van der Waals surface area contributed by atoms with Crippen LogP contribution in [0.4, 0.5) is 8.78 Å². The molecule has 2 aromatic heterocycles. The maximum atomic E-state index is 12.7. The SMILES string of the molecule is COc1ccnc(CSc2nc3cc(OC(F)F)ccc3n2C2OC(C(=O)O)C(O)C(O)C2O)c1OC. The summed E-state index contributed by atoms with van der Waals surface area (Å²) in [6, 6.07) is 5.46. The summed E-state index contributed by atoms with van der Waals surface area (Å²) in [5.41, 5.74) is 0.886. The number of carbonyl (C=O) groups is 1. The molecule has 37 heavy (non-hydrogen) atoms. The maximum absolute atomic E-state index is 12.7. The van der Waals surface area contributed by atoms with E-state index < -0.39 is 43.2 Å². The van der Waals surface area contributed by atoms with Gasteiger partial charge >= 0.3 is 12.6 Å². The predicted octanol–water partition coefficient (Wildman–Crippen LogP) is 1.41. The molecule has 15 heteroatoms. The topological polar surface area (TPSA) is 166 Å². The molecule has 0 spiro atoms. The molecule has 4 rings (SSSR count). The first kappa shape index (κ1) is 26.8. The number of alkyl halides is 2. The molecule has 5 atom stereocenters. The fourth-order valence-electron chi connectivity index (χ4n) is 3.95. The highest BCUT2D eigenvalue weighted by Crippen LogP contribution is 2.39. The summed E-state index contributed by atoms with van der Waals surface area (Å²) >= 11 is 1.08. The van der Waals surface area contributed by atoms with E-state index in [1.165, 1.54) is 43.2 Å². The van der Waals surface area contributed by atoms with Crippen molar-refractivity contribution in [3.05, 3.63) is 36.2 Å². The second kappa shape index (κ2) is 11.0.